The fourth-order valence-electron chi connectivity index (χ4n) is 2.81. The lowest BCUT2D eigenvalue weighted by atomic mass is 10.1. The normalized spacial score (nSPS) is 15.3. The number of esters is 1. The first-order valence-corrected chi connectivity index (χ1v) is 7.34. The zero-order chi connectivity index (χ0) is 14.7. The van der Waals surface area contributed by atoms with Gasteiger partial charge >= 0.3 is 5.97 Å². The zero-order valence-electron chi connectivity index (χ0n) is 12.0. The van der Waals surface area contributed by atoms with E-state index in [2.05, 4.69) is 15.3 Å². The first-order valence-electron chi connectivity index (χ1n) is 7.34. The topological polar surface area (TPSA) is 69.9 Å². The molecule has 0 saturated heterocycles. The quantitative estimate of drug-likeness (QED) is 0.808. The van der Waals surface area contributed by atoms with Gasteiger partial charge in [-0.15, -0.1) is 5.10 Å². The second-order valence-electron chi connectivity index (χ2n) is 5.13. The Morgan fingerprint density at radius 2 is 2.24 bits per heavy atom. The van der Waals surface area contributed by atoms with E-state index in [9.17, 15) is 4.79 Å². The summed E-state index contributed by atoms with van der Waals surface area (Å²) in [6.45, 7) is 2.10. The standard InChI is InChI=1S/C15H18N4O2/c1-2-21-15(20)13-14(11-6-5-9-16-10-11)19(18-17-13)12-7-3-4-8-12/h5-6,9-10,12H,2-4,7-8H2,1H3. The lowest BCUT2D eigenvalue weighted by Gasteiger charge is -2.13. The third-order valence-corrected chi connectivity index (χ3v) is 3.77. The van der Waals surface area contributed by atoms with Gasteiger partial charge in [0.15, 0.2) is 5.69 Å². The SMILES string of the molecule is CCOC(=O)c1nnn(C2CCCC2)c1-c1cccnc1. The second kappa shape index (κ2) is 6.03. The largest absolute Gasteiger partial charge is 0.461 e. The minimum Gasteiger partial charge on any atom is -0.461 e. The van der Waals surface area contributed by atoms with Gasteiger partial charge in [0.25, 0.3) is 0 Å². The Morgan fingerprint density at radius 1 is 1.43 bits per heavy atom. The molecule has 0 bridgehead atoms. The Morgan fingerprint density at radius 3 is 2.90 bits per heavy atom. The Labute approximate surface area is 123 Å². The van der Waals surface area contributed by atoms with Crippen molar-refractivity contribution in [2.24, 2.45) is 0 Å². The second-order valence-corrected chi connectivity index (χ2v) is 5.13. The van der Waals surface area contributed by atoms with E-state index in [0.29, 0.717) is 18.3 Å². The van der Waals surface area contributed by atoms with Crippen molar-refractivity contribution in [3.8, 4) is 11.3 Å². The minimum atomic E-state index is -0.430. The molecule has 1 aliphatic rings. The molecule has 2 heterocycles. The van der Waals surface area contributed by atoms with E-state index in [0.717, 1.165) is 18.4 Å². The Kier molecular flexibility index (Phi) is 3.94. The van der Waals surface area contributed by atoms with Crippen LogP contribution in [-0.4, -0.2) is 32.6 Å². The molecule has 1 fully saturated rings. The molecule has 6 nitrogen and oxygen atoms in total. The highest BCUT2D eigenvalue weighted by atomic mass is 16.5. The molecular weight excluding hydrogens is 268 g/mol. The molecule has 0 N–H and O–H groups in total. The molecule has 1 saturated carbocycles. The number of rotatable bonds is 4. The van der Waals surface area contributed by atoms with Gasteiger partial charge in [-0.3, -0.25) is 4.98 Å². The monoisotopic (exact) mass is 286 g/mol. The maximum absolute atomic E-state index is 12.1. The van der Waals surface area contributed by atoms with Crippen LogP contribution in [0.1, 0.15) is 49.1 Å². The number of hydrogen-bond donors (Lipinski definition) is 0. The average Bonchev–Trinajstić information content (AvgIpc) is 3.17. The van der Waals surface area contributed by atoms with Gasteiger partial charge in [0.05, 0.1) is 12.6 Å². The van der Waals surface area contributed by atoms with Gasteiger partial charge in [0.1, 0.15) is 5.69 Å². The van der Waals surface area contributed by atoms with E-state index in [1.165, 1.54) is 12.8 Å². The maximum atomic E-state index is 12.1. The third-order valence-electron chi connectivity index (χ3n) is 3.77. The van der Waals surface area contributed by atoms with Gasteiger partial charge in [-0.2, -0.15) is 0 Å². The van der Waals surface area contributed by atoms with E-state index < -0.39 is 5.97 Å². The summed E-state index contributed by atoms with van der Waals surface area (Å²) in [7, 11) is 0. The maximum Gasteiger partial charge on any atom is 0.361 e. The molecule has 0 amide bonds. The molecular formula is C15H18N4O2. The van der Waals surface area contributed by atoms with Crippen LogP contribution in [0.3, 0.4) is 0 Å². The van der Waals surface area contributed by atoms with Crippen molar-refractivity contribution in [3.63, 3.8) is 0 Å². The summed E-state index contributed by atoms with van der Waals surface area (Å²) in [5, 5.41) is 8.28. The van der Waals surface area contributed by atoms with Crippen LogP contribution >= 0.6 is 0 Å². The number of nitrogens with zero attached hydrogens (tertiary/aromatic N) is 4. The predicted octanol–water partition coefficient (Wildman–Crippen LogP) is 2.63. The summed E-state index contributed by atoms with van der Waals surface area (Å²) in [5.41, 5.74) is 1.84. The van der Waals surface area contributed by atoms with E-state index in [-0.39, 0.29) is 5.69 Å². The van der Waals surface area contributed by atoms with E-state index in [1.807, 2.05) is 16.8 Å². The van der Waals surface area contributed by atoms with Crippen LogP contribution in [0.2, 0.25) is 0 Å². The summed E-state index contributed by atoms with van der Waals surface area (Å²) in [4.78, 5) is 16.2. The van der Waals surface area contributed by atoms with Gasteiger partial charge in [-0.25, -0.2) is 9.48 Å². The average molecular weight is 286 g/mol. The highest BCUT2D eigenvalue weighted by molar-refractivity contribution is 5.94. The lowest BCUT2D eigenvalue weighted by Crippen LogP contribution is -2.11. The number of carbonyl (C=O) groups is 1. The molecule has 3 rings (SSSR count). The minimum absolute atomic E-state index is 0.275. The molecule has 6 heteroatoms. The van der Waals surface area contributed by atoms with Crippen LogP contribution in [-0.2, 0) is 4.74 Å². The molecule has 110 valence electrons. The van der Waals surface area contributed by atoms with Crippen LogP contribution < -0.4 is 0 Å². The number of hydrogen-bond acceptors (Lipinski definition) is 5. The molecule has 0 atom stereocenters. The van der Waals surface area contributed by atoms with Crippen molar-refractivity contribution in [1.82, 2.24) is 20.0 Å². The van der Waals surface area contributed by atoms with Crippen molar-refractivity contribution in [2.45, 2.75) is 38.6 Å². The highest BCUT2D eigenvalue weighted by Crippen LogP contribution is 2.33. The number of carbonyl (C=O) groups excluding carboxylic acids is 1. The molecule has 0 spiro atoms. The van der Waals surface area contributed by atoms with E-state index in [4.69, 9.17) is 4.74 Å². The summed E-state index contributed by atoms with van der Waals surface area (Å²) in [5.74, 6) is -0.430. The molecule has 0 unspecified atom stereocenters. The van der Waals surface area contributed by atoms with Gasteiger partial charge < -0.3 is 4.74 Å². The Hall–Kier alpha value is -2.24. The van der Waals surface area contributed by atoms with E-state index in [1.54, 1.807) is 19.3 Å². The Bertz CT molecular complexity index is 618. The molecule has 1 aliphatic carbocycles. The molecule has 2 aromatic rings. The van der Waals surface area contributed by atoms with Crippen LogP contribution in [0.5, 0.6) is 0 Å². The lowest BCUT2D eigenvalue weighted by molar-refractivity contribution is 0.0520. The van der Waals surface area contributed by atoms with Crippen LogP contribution in [0, 0.1) is 0 Å². The first kappa shape index (κ1) is 13.7. The fraction of sp³-hybridized carbons (Fsp3) is 0.467. The van der Waals surface area contributed by atoms with Crippen LogP contribution in [0.25, 0.3) is 11.3 Å². The molecule has 0 radical (unpaired) electrons. The summed E-state index contributed by atoms with van der Waals surface area (Å²) in [6.07, 6.45) is 7.94. The smallest absolute Gasteiger partial charge is 0.361 e. The van der Waals surface area contributed by atoms with Crippen molar-refractivity contribution >= 4 is 5.97 Å². The zero-order valence-corrected chi connectivity index (χ0v) is 12.0. The third kappa shape index (κ3) is 2.66. The van der Waals surface area contributed by atoms with Gasteiger partial charge in [0.2, 0.25) is 0 Å². The van der Waals surface area contributed by atoms with E-state index >= 15 is 0 Å². The van der Waals surface area contributed by atoms with Gasteiger partial charge in [0, 0.05) is 18.0 Å². The molecule has 0 aromatic carbocycles. The van der Waals surface area contributed by atoms with Crippen molar-refractivity contribution in [1.29, 1.82) is 0 Å². The van der Waals surface area contributed by atoms with Crippen LogP contribution in [0.4, 0.5) is 0 Å². The first-order chi connectivity index (χ1) is 10.3. The van der Waals surface area contributed by atoms with Gasteiger partial charge in [-0.05, 0) is 31.9 Å². The molecule has 2 aromatic heterocycles. The van der Waals surface area contributed by atoms with Crippen molar-refractivity contribution in [3.05, 3.63) is 30.2 Å². The summed E-state index contributed by atoms with van der Waals surface area (Å²) >= 11 is 0. The fourth-order valence-corrected chi connectivity index (χ4v) is 2.81. The Balaban J connectivity index is 2.07. The molecule has 21 heavy (non-hydrogen) atoms. The van der Waals surface area contributed by atoms with Crippen molar-refractivity contribution < 1.29 is 9.53 Å². The highest BCUT2D eigenvalue weighted by Gasteiger charge is 2.27. The summed E-state index contributed by atoms with van der Waals surface area (Å²) < 4.78 is 6.96. The van der Waals surface area contributed by atoms with Gasteiger partial charge in [-0.1, -0.05) is 18.1 Å². The number of aromatic nitrogens is 4. The number of pyridine rings is 1. The van der Waals surface area contributed by atoms with Crippen LogP contribution in [0.15, 0.2) is 24.5 Å². The molecule has 0 aliphatic heterocycles. The van der Waals surface area contributed by atoms with Crippen molar-refractivity contribution in [2.75, 3.05) is 6.61 Å². The predicted molar refractivity (Wildman–Crippen MR) is 76.7 cm³/mol. The number of ether oxygens (including phenoxy) is 1. The summed E-state index contributed by atoms with van der Waals surface area (Å²) in [6, 6.07) is 4.06.